The van der Waals surface area contributed by atoms with Crippen molar-refractivity contribution >= 4 is 34.8 Å². The summed E-state index contributed by atoms with van der Waals surface area (Å²) in [6, 6.07) is 15.5. The highest BCUT2D eigenvalue weighted by Crippen LogP contribution is 2.27. The van der Waals surface area contributed by atoms with Gasteiger partial charge in [0.15, 0.2) is 0 Å². The van der Waals surface area contributed by atoms with Gasteiger partial charge in [-0.1, -0.05) is 53.5 Å². The molecule has 1 saturated heterocycles. The van der Waals surface area contributed by atoms with E-state index in [9.17, 15) is 4.79 Å². The highest BCUT2D eigenvalue weighted by molar-refractivity contribution is 6.42. The molecule has 26 heavy (non-hydrogen) atoms. The highest BCUT2D eigenvalue weighted by atomic mass is 35.5. The van der Waals surface area contributed by atoms with Crippen LogP contribution in [-0.2, 0) is 11.2 Å². The Kier molecular flexibility index (Phi) is 6.41. The van der Waals surface area contributed by atoms with Crippen LogP contribution in [-0.4, -0.2) is 43.0 Å². The first-order chi connectivity index (χ1) is 12.5. The Morgan fingerprint density at radius 2 is 1.69 bits per heavy atom. The van der Waals surface area contributed by atoms with Crippen LogP contribution in [0.2, 0.25) is 10.0 Å². The summed E-state index contributed by atoms with van der Waals surface area (Å²) in [7, 11) is 0. The van der Waals surface area contributed by atoms with E-state index in [1.807, 2.05) is 47.4 Å². The summed E-state index contributed by atoms with van der Waals surface area (Å²) in [4.78, 5) is 16.6. The van der Waals surface area contributed by atoms with Crippen molar-refractivity contribution in [3.05, 3.63) is 64.1 Å². The molecule has 1 amide bonds. The fourth-order valence-corrected chi connectivity index (χ4v) is 3.53. The lowest BCUT2D eigenvalue weighted by atomic mass is 10.0. The van der Waals surface area contributed by atoms with E-state index in [2.05, 4.69) is 4.90 Å². The molecule has 0 radical (unpaired) electrons. The Hall–Kier alpha value is -1.75. The zero-order valence-corrected chi connectivity index (χ0v) is 16.1. The Morgan fingerprint density at radius 3 is 2.35 bits per heavy atom. The standard InChI is InChI=1S/C20H23Cl2N3O/c21-18-7-6-17(14-19(18)22)24-8-10-25(11-9-24)20(26)13-16(23)12-15-4-2-1-3-5-15/h1-7,14,16H,8-13,23H2. The van der Waals surface area contributed by atoms with E-state index in [1.54, 1.807) is 6.07 Å². The molecule has 0 aromatic heterocycles. The van der Waals surface area contributed by atoms with Gasteiger partial charge in [0.05, 0.1) is 10.0 Å². The Bertz CT molecular complexity index is 746. The lowest BCUT2D eigenvalue weighted by Gasteiger charge is -2.36. The topological polar surface area (TPSA) is 49.6 Å². The predicted molar refractivity (Wildman–Crippen MR) is 108 cm³/mol. The summed E-state index contributed by atoms with van der Waals surface area (Å²) >= 11 is 12.1. The molecule has 6 heteroatoms. The molecule has 4 nitrogen and oxygen atoms in total. The molecule has 1 aliphatic rings. The molecule has 1 aliphatic heterocycles. The van der Waals surface area contributed by atoms with E-state index in [0.29, 0.717) is 29.6 Å². The van der Waals surface area contributed by atoms with Gasteiger partial charge in [0.1, 0.15) is 0 Å². The second-order valence-corrected chi connectivity index (χ2v) is 7.43. The number of amides is 1. The third kappa shape index (κ3) is 4.91. The first kappa shape index (κ1) is 19.0. The molecule has 1 atom stereocenters. The van der Waals surface area contributed by atoms with E-state index >= 15 is 0 Å². The number of anilines is 1. The predicted octanol–water partition coefficient (Wildman–Crippen LogP) is 3.60. The minimum absolute atomic E-state index is 0.127. The van der Waals surface area contributed by atoms with E-state index in [0.717, 1.165) is 30.8 Å². The number of benzene rings is 2. The van der Waals surface area contributed by atoms with Gasteiger partial charge in [-0.2, -0.15) is 0 Å². The molecule has 0 saturated carbocycles. The summed E-state index contributed by atoms with van der Waals surface area (Å²) in [5, 5.41) is 1.10. The van der Waals surface area contributed by atoms with Gasteiger partial charge < -0.3 is 15.5 Å². The lowest BCUT2D eigenvalue weighted by Crippen LogP contribution is -2.49. The SMILES string of the molecule is NC(CC(=O)N1CCN(c2ccc(Cl)c(Cl)c2)CC1)Cc1ccccc1. The maximum Gasteiger partial charge on any atom is 0.224 e. The quantitative estimate of drug-likeness (QED) is 0.846. The molecule has 0 aliphatic carbocycles. The van der Waals surface area contributed by atoms with Crippen LogP contribution in [0, 0.1) is 0 Å². The number of rotatable bonds is 5. The molecule has 3 rings (SSSR count). The van der Waals surface area contributed by atoms with Crippen LogP contribution in [0.3, 0.4) is 0 Å². The summed E-state index contributed by atoms with van der Waals surface area (Å²) in [6.07, 6.45) is 1.09. The number of piperazine rings is 1. The fourth-order valence-electron chi connectivity index (χ4n) is 3.24. The van der Waals surface area contributed by atoms with Crippen LogP contribution in [0.1, 0.15) is 12.0 Å². The Balaban J connectivity index is 1.49. The van der Waals surface area contributed by atoms with Crippen LogP contribution in [0.25, 0.3) is 0 Å². The van der Waals surface area contributed by atoms with E-state index in [-0.39, 0.29) is 11.9 Å². The number of hydrogen-bond donors (Lipinski definition) is 1. The second kappa shape index (κ2) is 8.76. The van der Waals surface area contributed by atoms with Gasteiger partial charge >= 0.3 is 0 Å². The number of nitrogens with two attached hydrogens (primary N) is 1. The molecule has 1 heterocycles. The summed E-state index contributed by atoms with van der Waals surface area (Å²) in [5.74, 6) is 0.127. The number of carbonyl (C=O) groups is 1. The molecule has 2 aromatic rings. The Morgan fingerprint density at radius 1 is 1.00 bits per heavy atom. The maximum atomic E-state index is 12.5. The second-order valence-electron chi connectivity index (χ2n) is 6.62. The molecular weight excluding hydrogens is 369 g/mol. The van der Waals surface area contributed by atoms with Crippen molar-refractivity contribution < 1.29 is 4.79 Å². The average Bonchev–Trinajstić information content (AvgIpc) is 2.65. The van der Waals surface area contributed by atoms with Gasteiger partial charge in [0, 0.05) is 44.3 Å². The van der Waals surface area contributed by atoms with Crippen molar-refractivity contribution in [1.82, 2.24) is 4.90 Å². The minimum atomic E-state index is -0.155. The van der Waals surface area contributed by atoms with Gasteiger partial charge in [-0.25, -0.2) is 0 Å². The van der Waals surface area contributed by atoms with Crippen molar-refractivity contribution in [2.75, 3.05) is 31.1 Å². The third-order valence-corrected chi connectivity index (χ3v) is 5.42. The zero-order chi connectivity index (χ0) is 18.5. The maximum absolute atomic E-state index is 12.5. The number of carbonyl (C=O) groups excluding carboxylic acids is 1. The van der Waals surface area contributed by atoms with Gasteiger partial charge in [0.2, 0.25) is 5.91 Å². The number of halogens is 2. The number of hydrogen-bond acceptors (Lipinski definition) is 3. The van der Waals surface area contributed by atoms with Crippen molar-refractivity contribution in [1.29, 1.82) is 0 Å². The monoisotopic (exact) mass is 391 g/mol. The van der Waals surface area contributed by atoms with E-state index in [1.165, 1.54) is 0 Å². The fraction of sp³-hybridized carbons (Fsp3) is 0.350. The van der Waals surface area contributed by atoms with Gasteiger partial charge in [-0.15, -0.1) is 0 Å². The molecule has 2 aromatic carbocycles. The summed E-state index contributed by atoms with van der Waals surface area (Å²) < 4.78 is 0. The first-order valence-corrected chi connectivity index (χ1v) is 9.56. The largest absolute Gasteiger partial charge is 0.368 e. The van der Waals surface area contributed by atoms with Gasteiger partial charge in [0.25, 0.3) is 0 Å². The normalized spacial score (nSPS) is 15.8. The number of nitrogens with zero attached hydrogens (tertiary/aromatic N) is 2. The molecule has 2 N–H and O–H groups in total. The highest BCUT2D eigenvalue weighted by Gasteiger charge is 2.23. The molecule has 1 fully saturated rings. The molecule has 1 unspecified atom stereocenters. The van der Waals surface area contributed by atoms with Crippen LogP contribution >= 0.6 is 23.2 Å². The molecule has 0 bridgehead atoms. The lowest BCUT2D eigenvalue weighted by molar-refractivity contribution is -0.131. The van der Waals surface area contributed by atoms with E-state index < -0.39 is 0 Å². The average molecular weight is 392 g/mol. The van der Waals surface area contributed by atoms with Gasteiger partial charge in [-0.3, -0.25) is 4.79 Å². The van der Waals surface area contributed by atoms with Crippen molar-refractivity contribution in [2.24, 2.45) is 5.73 Å². The summed E-state index contributed by atoms with van der Waals surface area (Å²) in [5.41, 5.74) is 8.38. The molecule has 138 valence electrons. The Labute approximate surface area is 164 Å². The van der Waals surface area contributed by atoms with Crippen molar-refractivity contribution in [3.63, 3.8) is 0 Å². The van der Waals surface area contributed by atoms with Crippen molar-refractivity contribution in [2.45, 2.75) is 18.9 Å². The van der Waals surface area contributed by atoms with Crippen LogP contribution < -0.4 is 10.6 Å². The molecule has 0 spiro atoms. The zero-order valence-electron chi connectivity index (χ0n) is 14.6. The van der Waals surface area contributed by atoms with Crippen LogP contribution in [0.15, 0.2) is 48.5 Å². The van der Waals surface area contributed by atoms with Crippen LogP contribution in [0.5, 0.6) is 0 Å². The van der Waals surface area contributed by atoms with Crippen molar-refractivity contribution in [3.8, 4) is 0 Å². The summed E-state index contributed by atoms with van der Waals surface area (Å²) in [6.45, 7) is 2.93. The third-order valence-electron chi connectivity index (χ3n) is 4.68. The first-order valence-electron chi connectivity index (χ1n) is 8.80. The minimum Gasteiger partial charge on any atom is -0.368 e. The van der Waals surface area contributed by atoms with Gasteiger partial charge in [-0.05, 0) is 30.2 Å². The van der Waals surface area contributed by atoms with Crippen LogP contribution in [0.4, 0.5) is 5.69 Å². The molecular formula is C20H23Cl2N3O. The van der Waals surface area contributed by atoms with E-state index in [4.69, 9.17) is 28.9 Å². The smallest absolute Gasteiger partial charge is 0.224 e.